The van der Waals surface area contributed by atoms with E-state index in [1.165, 1.54) is 12.8 Å². The molecule has 1 aromatic heterocycles. The van der Waals surface area contributed by atoms with Crippen molar-refractivity contribution < 1.29 is 14.4 Å². The first kappa shape index (κ1) is 20.9. The van der Waals surface area contributed by atoms with E-state index >= 15 is 0 Å². The molecule has 32 heavy (non-hydrogen) atoms. The van der Waals surface area contributed by atoms with Crippen LogP contribution in [0.5, 0.6) is 0 Å². The molecular formula is C25H30N4O3. The number of likely N-dealkylation sites (tertiary alicyclic amines) is 2. The highest BCUT2D eigenvalue weighted by atomic mass is 16.2. The Morgan fingerprint density at radius 3 is 2.56 bits per heavy atom. The summed E-state index contributed by atoms with van der Waals surface area (Å²) in [5.74, 6) is 0.859. The van der Waals surface area contributed by atoms with Crippen LogP contribution < -0.4 is 5.32 Å². The van der Waals surface area contributed by atoms with E-state index in [1.807, 2.05) is 40.1 Å². The molecule has 1 aliphatic carbocycles. The van der Waals surface area contributed by atoms with Crippen molar-refractivity contribution in [1.82, 2.24) is 20.1 Å². The van der Waals surface area contributed by atoms with E-state index in [9.17, 15) is 14.4 Å². The van der Waals surface area contributed by atoms with Gasteiger partial charge in [0.15, 0.2) is 0 Å². The summed E-state index contributed by atoms with van der Waals surface area (Å²) >= 11 is 0. The van der Waals surface area contributed by atoms with Crippen molar-refractivity contribution in [2.24, 2.45) is 17.8 Å². The molecule has 2 saturated heterocycles. The Balaban J connectivity index is 1.11. The van der Waals surface area contributed by atoms with Crippen molar-refractivity contribution in [3.63, 3.8) is 0 Å². The van der Waals surface area contributed by atoms with Gasteiger partial charge in [-0.05, 0) is 49.7 Å². The predicted octanol–water partition coefficient (Wildman–Crippen LogP) is 2.46. The number of carbonyl (C=O) groups is 3. The van der Waals surface area contributed by atoms with Crippen molar-refractivity contribution in [1.29, 1.82) is 0 Å². The van der Waals surface area contributed by atoms with Gasteiger partial charge in [0.05, 0.1) is 11.4 Å². The lowest BCUT2D eigenvalue weighted by molar-refractivity contribution is -0.129. The third-order valence-corrected chi connectivity index (χ3v) is 7.05. The topological polar surface area (TPSA) is 82.6 Å². The molecule has 1 aromatic carbocycles. The molecule has 7 heteroatoms. The number of fused-ring (bicyclic) bond motifs is 1. The molecule has 1 N–H and O–H groups in total. The number of nitrogens with zero attached hydrogens (tertiary/aromatic N) is 3. The second kappa shape index (κ2) is 8.88. The van der Waals surface area contributed by atoms with E-state index < -0.39 is 0 Å². The lowest BCUT2D eigenvalue weighted by atomic mass is 9.96. The molecule has 3 fully saturated rings. The van der Waals surface area contributed by atoms with E-state index in [-0.39, 0.29) is 23.6 Å². The maximum atomic E-state index is 12.9. The lowest BCUT2D eigenvalue weighted by Crippen LogP contribution is -2.42. The maximum Gasteiger partial charge on any atom is 0.272 e. The largest absolute Gasteiger partial charge is 0.356 e. The Morgan fingerprint density at radius 1 is 1.00 bits per heavy atom. The van der Waals surface area contributed by atoms with Gasteiger partial charge in [-0.25, -0.2) is 4.98 Å². The zero-order valence-electron chi connectivity index (χ0n) is 18.3. The van der Waals surface area contributed by atoms with Gasteiger partial charge in [-0.1, -0.05) is 24.3 Å². The summed E-state index contributed by atoms with van der Waals surface area (Å²) in [6, 6.07) is 11.5. The molecule has 168 valence electrons. The molecule has 0 bridgehead atoms. The smallest absolute Gasteiger partial charge is 0.272 e. The highest BCUT2D eigenvalue weighted by Gasteiger charge is 2.36. The van der Waals surface area contributed by atoms with E-state index in [4.69, 9.17) is 0 Å². The van der Waals surface area contributed by atoms with Gasteiger partial charge in [0, 0.05) is 44.5 Å². The van der Waals surface area contributed by atoms with Crippen molar-refractivity contribution in [2.75, 3.05) is 32.7 Å². The summed E-state index contributed by atoms with van der Waals surface area (Å²) < 4.78 is 0. The number of para-hydroxylation sites is 1. The summed E-state index contributed by atoms with van der Waals surface area (Å²) in [6.07, 6.45) is 4.45. The highest BCUT2D eigenvalue weighted by molar-refractivity contribution is 5.95. The van der Waals surface area contributed by atoms with Crippen LogP contribution in [0.2, 0.25) is 0 Å². The first-order chi connectivity index (χ1) is 15.6. The number of nitrogens with one attached hydrogen (secondary N) is 1. The van der Waals surface area contributed by atoms with Gasteiger partial charge in [-0.15, -0.1) is 0 Å². The highest BCUT2D eigenvalue weighted by Crippen LogP contribution is 2.28. The van der Waals surface area contributed by atoms with Crippen LogP contribution in [0, 0.1) is 17.8 Å². The van der Waals surface area contributed by atoms with E-state index in [1.54, 1.807) is 6.07 Å². The SMILES string of the molecule is O=C(NCC1CC1)C1CC(=O)N(CC2CCN(C(=O)c3ccc4ccccc4n3)CC2)C1. The number of piperidine rings is 1. The number of amides is 3. The average Bonchev–Trinajstić information content (AvgIpc) is 3.59. The Kier molecular flexibility index (Phi) is 5.81. The molecule has 2 aliphatic heterocycles. The summed E-state index contributed by atoms with van der Waals surface area (Å²) in [5.41, 5.74) is 1.31. The molecule has 7 nitrogen and oxygen atoms in total. The van der Waals surface area contributed by atoms with Crippen LogP contribution in [-0.4, -0.2) is 65.2 Å². The van der Waals surface area contributed by atoms with Crippen LogP contribution in [0.25, 0.3) is 10.9 Å². The average molecular weight is 435 g/mol. The third-order valence-electron chi connectivity index (χ3n) is 7.05. The van der Waals surface area contributed by atoms with Crippen LogP contribution in [0.15, 0.2) is 36.4 Å². The third kappa shape index (κ3) is 4.61. The number of carbonyl (C=O) groups excluding carboxylic acids is 3. The zero-order valence-corrected chi connectivity index (χ0v) is 18.3. The fraction of sp³-hybridized carbons (Fsp3) is 0.520. The minimum Gasteiger partial charge on any atom is -0.356 e. The minimum absolute atomic E-state index is 0.0241. The van der Waals surface area contributed by atoms with Crippen molar-refractivity contribution >= 4 is 28.6 Å². The second-order valence-corrected chi connectivity index (χ2v) is 9.51. The standard InChI is InChI=1S/C25H30N4O3/c30-23-13-20(24(31)26-14-17-5-6-17)16-29(23)15-18-9-11-28(12-10-18)25(32)22-8-7-19-3-1-2-4-21(19)27-22/h1-4,7-8,17-18,20H,5-6,9-16H2,(H,26,31). The molecule has 3 amide bonds. The van der Waals surface area contributed by atoms with Crippen molar-refractivity contribution in [3.8, 4) is 0 Å². The van der Waals surface area contributed by atoms with Gasteiger partial charge in [0.25, 0.3) is 5.91 Å². The lowest BCUT2D eigenvalue weighted by Gasteiger charge is -2.33. The normalized spacial score (nSPS) is 21.9. The van der Waals surface area contributed by atoms with E-state index in [2.05, 4.69) is 10.3 Å². The number of pyridine rings is 1. The van der Waals surface area contributed by atoms with Crippen LogP contribution >= 0.6 is 0 Å². The molecule has 3 aliphatic rings. The number of rotatable bonds is 6. The van der Waals surface area contributed by atoms with Crippen LogP contribution in [0.1, 0.15) is 42.6 Å². The monoisotopic (exact) mass is 434 g/mol. The Hall–Kier alpha value is -2.96. The predicted molar refractivity (Wildman–Crippen MR) is 121 cm³/mol. The summed E-state index contributed by atoms with van der Waals surface area (Å²) in [5, 5.41) is 4.03. The first-order valence-electron chi connectivity index (χ1n) is 11.8. The van der Waals surface area contributed by atoms with Crippen LogP contribution in [0.3, 0.4) is 0 Å². The van der Waals surface area contributed by atoms with E-state index in [0.29, 0.717) is 50.1 Å². The first-order valence-corrected chi connectivity index (χ1v) is 11.8. The number of hydrogen-bond acceptors (Lipinski definition) is 4. The van der Waals surface area contributed by atoms with Gasteiger partial charge in [0.1, 0.15) is 5.69 Å². The van der Waals surface area contributed by atoms with Crippen LogP contribution in [0.4, 0.5) is 0 Å². The second-order valence-electron chi connectivity index (χ2n) is 9.51. The van der Waals surface area contributed by atoms with Gasteiger partial charge in [-0.2, -0.15) is 0 Å². The van der Waals surface area contributed by atoms with Gasteiger partial charge >= 0.3 is 0 Å². The molecule has 5 rings (SSSR count). The molecule has 3 heterocycles. The zero-order chi connectivity index (χ0) is 22.1. The molecule has 1 saturated carbocycles. The minimum atomic E-state index is -0.220. The molecular weight excluding hydrogens is 404 g/mol. The number of benzene rings is 1. The fourth-order valence-corrected chi connectivity index (χ4v) is 4.81. The van der Waals surface area contributed by atoms with Crippen molar-refractivity contribution in [3.05, 3.63) is 42.1 Å². The number of hydrogen-bond donors (Lipinski definition) is 1. The summed E-state index contributed by atoms with van der Waals surface area (Å²) in [7, 11) is 0. The van der Waals surface area contributed by atoms with Gasteiger partial charge in [-0.3, -0.25) is 14.4 Å². The molecule has 0 radical (unpaired) electrons. The molecule has 1 unspecified atom stereocenters. The molecule has 1 atom stereocenters. The van der Waals surface area contributed by atoms with Crippen LogP contribution in [-0.2, 0) is 9.59 Å². The fourth-order valence-electron chi connectivity index (χ4n) is 4.81. The summed E-state index contributed by atoms with van der Waals surface area (Å²) in [4.78, 5) is 46.0. The van der Waals surface area contributed by atoms with Crippen molar-refractivity contribution in [2.45, 2.75) is 32.1 Å². The Bertz CT molecular complexity index is 1030. The van der Waals surface area contributed by atoms with Gasteiger partial charge < -0.3 is 15.1 Å². The molecule has 2 aromatic rings. The maximum absolute atomic E-state index is 12.9. The summed E-state index contributed by atoms with van der Waals surface area (Å²) in [6.45, 7) is 3.30. The molecule has 0 spiro atoms. The number of aromatic nitrogens is 1. The Labute approximate surface area is 188 Å². The Morgan fingerprint density at radius 2 is 1.78 bits per heavy atom. The van der Waals surface area contributed by atoms with Gasteiger partial charge in [0.2, 0.25) is 11.8 Å². The quantitative estimate of drug-likeness (QED) is 0.757. The van der Waals surface area contributed by atoms with E-state index in [0.717, 1.165) is 30.3 Å².